The summed E-state index contributed by atoms with van der Waals surface area (Å²) < 4.78 is 11.2. The van der Waals surface area contributed by atoms with E-state index in [4.69, 9.17) is 9.15 Å². The largest absolute Gasteiger partial charge is 0.465 e. The Morgan fingerprint density at radius 1 is 1.08 bits per heavy atom. The number of amides is 1. The number of hydrogen-bond donors (Lipinski definition) is 0. The zero-order chi connectivity index (χ0) is 17.2. The number of likely N-dealkylation sites (tertiary alicyclic amines) is 2. The summed E-state index contributed by atoms with van der Waals surface area (Å²) in [7, 11) is 0. The molecule has 0 spiro atoms. The number of ether oxygens (including phenoxy) is 1. The van der Waals surface area contributed by atoms with Crippen molar-refractivity contribution < 1.29 is 13.9 Å². The molecule has 0 aromatic carbocycles. The van der Waals surface area contributed by atoms with E-state index in [1.807, 2.05) is 13.0 Å². The van der Waals surface area contributed by atoms with Crippen LogP contribution in [0.1, 0.15) is 30.8 Å². The fourth-order valence-electron chi connectivity index (χ4n) is 4.57. The first-order chi connectivity index (χ1) is 12.2. The van der Waals surface area contributed by atoms with Gasteiger partial charge in [-0.25, -0.2) is 0 Å². The molecular formula is C19H29N3O3. The Morgan fingerprint density at radius 3 is 2.68 bits per heavy atom. The minimum atomic E-state index is 0.338. The Hall–Kier alpha value is -1.37. The molecule has 1 aromatic rings. The molecule has 0 radical (unpaired) electrons. The van der Waals surface area contributed by atoms with Crippen molar-refractivity contribution in [2.24, 2.45) is 0 Å². The van der Waals surface area contributed by atoms with E-state index in [1.54, 1.807) is 0 Å². The lowest BCUT2D eigenvalue weighted by Gasteiger charge is -2.41. The molecule has 3 saturated heterocycles. The third-order valence-electron chi connectivity index (χ3n) is 5.92. The van der Waals surface area contributed by atoms with Gasteiger partial charge in [0.05, 0.1) is 19.8 Å². The lowest BCUT2D eigenvalue weighted by atomic mass is 9.96. The van der Waals surface area contributed by atoms with E-state index in [1.165, 1.54) is 0 Å². The molecule has 138 valence electrons. The van der Waals surface area contributed by atoms with E-state index < -0.39 is 0 Å². The minimum Gasteiger partial charge on any atom is -0.465 e. The smallest absolute Gasteiger partial charge is 0.222 e. The van der Waals surface area contributed by atoms with Crippen LogP contribution in [0.5, 0.6) is 0 Å². The van der Waals surface area contributed by atoms with E-state index in [-0.39, 0.29) is 0 Å². The topological polar surface area (TPSA) is 49.2 Å². The van der Waals surface area contributed by atoms with Gasteiger partial charge in [-0.3, -0.25) is 14.6 Å². The second-order valence-electron chi connectivity index (χ2n) is 7.49. The first kappa shape index (κ1) is 17.1. The summed E-state index contributed by atoms with van der Waals surface area (Å²) in [4.78, 5) is 19.6. The van der Waals surface area contributed by atoms with Crippen LogP contribution in [-0.2, 0) is 16.1 Å². The van der Waals surface area contributed by atoms with Crippen LogP contribution in [0.2, 0.25) is 0 Å². The van der Waals surface area contributed by atoms with Crippen molar-refractivity contribution >= 4 is 5.91 Å². The van der Waals surface area contributed by atoms with Crippen LogP contribution in [-0.4, -0.2) is 78.6 Å². The van der Waals surface area contributed by atoms with Crippen molar-refractivity contribution in [3.63, 3.8) is 0 Å². The predicted octanol–water partition coefficient (Wildman–Crippen LogP) is 1.49. The third-order valence-corrected chi connectivity index (χ3v) is 5.92. The lowest BCUT2D eigenvalue weighted by Crippen LogP contribution is -2.54. The summed E-state index contributed by atoms with van der Waals surface area (Å²) in [5.41, 5.74) is 0. The van der Waals surface area contributed by atoms with Crippen molar-refractivity contribution in [1.29, 1.82) is 0 Å². The summed E-state index contributed by atoms with van der Waals surface area (Å²) >= 11 is 0. The van der Waals surface area contributed by atoms with Crippen LogP contribution in [0.25, 0.3) is 0 Å². The van der Waals surface area contributed by atoms with Crippen molar-refractivity contribution in [2.75, 3.05) is 45.9 Å². The van der Waals surface area contributed by atoms with Gasteiger partial charge in [0.2, 0.25) is 5.91 Å². The molecule has 4 heterocycles. The van der Waals surface area contributed by atoms with Crippen molar-refractivity contribution in [3.05, 3.63) is 23.7 Å². The van der Waals surface area contributed by atoms with E-state index >= 15 is 0 Å². The molecule has 2 atom stereocenters. The Kier molecular flexibility index (Phi) is 5.10. The van der Waals surface area contributed by atoms with Crippen LogP contribution >= 0.6 is 0 Å². The molecule has 3 aliphatic rings. The van der Waals surface area contributed by atoms with E-state index in [2.05, 4.69) is 20.8 Å². The molecule has 0 aliphatic carbocycles. The van der Waals surface area contributed by atoms with Gasteiger partial charge in [-0.1, -0.05) is 0 Å². The Balaban J connectivity index is 1.37. The second kappa shape index (κ2) is 7.48. The molecular weight excluding hydrogens is 318 g/mol. The zero-order valence-electron chi connectivity index (χ0n) is 15.2. The van der Waals surface area contributed by atoms with Gasteiger partial charge in [-0.2, -0.15) is 0 Å². The standard InChI is InChI=1S/C19H29N3O3/c1-15-2-3-16(25-15)14-21-7-6-18-17(21)4-5-19(23)22(18)9-8-20-10-12-24-13-11-20/h2-3,17-18H,4-14H2,1H3/t17-,18-/m1/s1. The van der Waals surface area contributed by atoms with E-state index in [9.17, 15) is 4.79 Å². The fraction of sp³-hybridized carbons (Fsp3) is 0.737. The number of hydrogen-bond acceptors (Lipinski definition) is 5. The maximum atomic E-state index is 12.5. The first-order valence-corrected chi connectivity index (χ1v) is 9.59. The molecule has 6 nitrogen and oxygen atoms in total. The summed E-state index contributed by atoms with van der Waals surface area (Å²) in [6, 6.07) is 4.96. The highest BCUT2D eigenvalue weighted by atomic mass is 16.5. The number of fused-ring (bicyclic) bond motifs is 1. The highest BCUT2D eigenvalue weighted by molar-refractivity contribution is 5.77. The first-order valence-electron chi connectivity index (χ1n) is 9.59. The van der Waals surface area contributed by atoms with Crippen molar-refractivity contribution in [1.82, 2.24) is 14.7 Å². The Morgan fingerprint density at radius 2 is 1.92 bits per heavy atom. The van der Waals surface area contributed by atoms with Crippen LogP contribution in [0.4, 0.5) is 0 Å². The van der Waals surface area contributed by atoms with Crippen LogP contribution < -0.4 is 0 Å². The molecule has 4 rings (SSSR count). The molecule has 25 heavy (non-hydrogen) atoms. The van der Waals surface area contributed by atoms with E-state index in [0.717, 1.165) is 76.8 Å². The second-order valence-corrected chi connectivity index (χ2v) is 7.49. The monoisotopic (exact) mass is 347 g/mol. The average Bonchev–Trinajstić information content (AvgIpc) is 3.22. The normalized spacial score (nSPS) is 28.5. The minimum absolute atomic E-state index is 0.338. The SMILES string of the molecule is Cc1ccc(CN2CC[C@@H]3[C@H]2CCC(=O)N3CCN2CCOCC2)o1. The number of morpholine rings is 1. The third kappa shape index (κ3) is 3.76. The van der Waals surface area contributed by atoms with Gasteiger partial charge in [0.15, 0.2) is 0 Å². The summed E-state index contributed by atoms with van der Waals surface area (Å²) in [5, 5.41) is 0. The van der Waals surface area contributed by atoms with Gasteiger partial charge >= 0.3 is 0 Å². The Labute approximate surface area is 149 Å². The molecule has 0 saturated carbocycles. The fourth-order valence-corrected chi connectivity index (χ4v) is 4.57. The molecule has 1 amide bonds. The van der Waals surface area contributed by atoms with Gasteiger partial charge in [-0.15, -0.1) is 0 Å². The molecule has 0 bridgehead atoms. The van der Waals surface area contributed by atoms with Gasteiger partial charge in [0.25, 0.3) is 0 Å². The maximum Gasteiger partial charge on any atom is 0.222 e. The molecule has 1 aromatic heterocycles. The lowest BCUT2D eigenvalue weighted by molar-refractivity contribution is -0.138. The van der Waals surface area contributed by atoms with Crippen LogP contribution in [0.15, 0.2) is 16.5 Å². The van der Waals surface area contributed by atoms with Gasteiger partial charge in [-0.05, 0) is 31.9 Å². The number of rotatable bonds is 5. The number of nitrogens with zero attached hydrogens (tertiary/aromatic N) is 3. The number of carbonyl (C=O) groups is 1. The van der Waals surface area contributed by atoms with Crippen LogP contribution in [0.3, 0.4) is 0 Å². The molecule has 0 N–H and O–H groups in total. The summed E-state index contributed by atoms with van der Waals surface area (Å²) in [5.74, 6) is 2.34. The Bertz CT molecular complexity index is 596. The van der Waals surface area contributed by atoms with Gasteiger partial charge in [0, 0.05) is 51.2 Å². The quantitative estimate of drug-likeness (QED) is 0.808. The zero-order valence-corrected chi connectivity index (χ0v) is 15.2. The van der Waals surface area contributed by atoms with Crippen molar-refractivity contribution in [3.8, 4) is 0 Å². The molecule has 0 unspecified atom stereocenters. The number of furan rings is 1. The van der Waals surface area contributed by atoms with Crippen molar-refractivity contribution in [2.45, 2.75) is 44.8 Å². The average molecular weight is 347 g/mol. The van der Waals surface area contributed by atoms with E-state index in [0.29, 0.717) is 24.4 Å². The number of aryl methyl sites for hydroxylation is 1. The molecule has 3 aliphatic heterocycles. The summed E-state index contributed by atoms with van der Waals surface area (Å²) in [6.45, 7) is 9.33. The number of carbonyl (C=O) groups excluding carboxylic acids is 1. The highest BCUT2D eigenvalue weighted by Crippen LogP contribution is 2.32. The van der Waals surface area contributed by atoms with Crippen LogP contribution in [0, 0.1) is 6.92 Å². The highest BCUT2D eigenvalue weighted by Gasteiger charge is 2.43. The molecule has 3 fully saturated rings. The number of piperidine rings is 1. The van der Waals surface area contributed by atoms with Gasteiger partial charge < -0.3 is 14.1 Å². The predicted molar refractivity (Wildman–Crippen MR) is 94.3 cm³/mol. The van der Waals surface area contributed by atoms with Gasteiger partial charge in [0.1, 0.15) is 11.5 Å². The maximum absolute atomic E-state index is 12.5. The molecule has 6 heteroatoms. The summed E-state index contributed by atoms with van der Waals surface area (Å²) in [6.07, 6.45) is 2.74.